The second-order valence-corrected chi connectivity index (χ2v) is 9.15. The van der Waals surface area contributed by atoms with Gasteiger partial charge in [-0.05, 0) is 45.5 Å². The Kier molecular flexibility index (Phi) is 5.35. The smallest absolute Gasteiger partial charge is 0.241 e. The molecule has 5 rings (SSSR count). The highest BCUT2D eigenvalue weighted by atomic mass is 19.3. The Morgan fingerprint density at radius 3 is 2.85 bits per heavy atom. The molecule has 0 saturated carbocycles. The van der Waals surface area contributed by atoms with Gasteiger partial charge in [-0.15, -0.1) is 5.10 Å². The van der Waals surface area contributed by atoms with Gasteiger partial charge in [-0.1, -0.05) is 0 Å². The minimum atomic E-state index is -2.46. The molecule has 2 aliphatic rings. The lowest BCUT2D eigenvalue weighted by Crippen LogP contribution is -2.46. The highest BCUT2D eigenvalue weighted by Gasteiger charge is 2.41. The van der Waals surface area contributed by atoms with Crippen molar-refractivity contribution in [3.63, 3.8) is 0 Å². The topological polar surface area (TPSA) is 70.7 Å². The predicted molar refractivity (Wildman–Crippen MR) is 121 cm³/mol. The number of fused-ring (bicyclic) bond motifs is 2. The van der Waals surface area contributed by atoms with Gasteiger partial charge < -0.3 is 10.2 Å². The molecule has 7 nitrogen and oxygen atoms in total. The molecule has 3 aromatic heterocycles. The third-order valence-corrected chi connectivity index (χ3v) is 6.80. The van der Waals surface area contributed by atoms with Gasteiger partial charge in [0, 0.05) is 37.0 Å². The van der Waals surface area contributed by atoms with Crippen molar-refractivity contribution in [1.82, 2.24) is 24.5 Å². The van der Waals surface area contributed by atoms with E-state index < -0.39 is 18.0 Å². The Morgan fingerprint density at radius 2 is 2.09 bits per heavy atom. The van der Waals surface area contributed by atoms with Crippen molar-refractivity contribution < 1.29 is 13.2 Å². The number of rotatable bonds is 5. The van der Waals surface area contributed by atoms with Gasteiger partial charge in [-0.3, -0.25) is 4.99 Å². The standard InChI is InChI=1S/C23H26F3N7/c1-13-23(2,10-20(25)26)21-18(28-13)5-4-16(29-21)14-6-9-33-19(14)11-27-22(31-33)30-17-7-8-32(3)12-15(17)24/h4-6,9,11,15,17,20H,7-8,10,12H2,1-3H3,(H,30,31)/t15-,17-,23?/m1/s1. The maximum absolute atomic E-state index is 14.4. The summed E-state index contributed by atoms with van der Waals surface area (Å²) in [7, 11) is 1.91. The van der Waals surface area contributed by atoms with Gasteiger partial charge in [0.1, 0.15) is 6.17 Å². The molecular formula is C23H26F3N7. The van der Waals surface area contributed by atoms with Crippen LogP contribution in [-0.2, 0) is 5.41 Å². The molecule has 0 radical (unpaired) electrons. The van der Waals surface area contributed by atoms with E-state index in [4.69, 9.17) is 4.98 Å². The monoisotopic (exact) mass is 457 g/mol. The Hall–Kier alpha value is -3.01. The molecule has 0 aliphatic carbocycles. The lowest BCUT2D eigenvalue weighted by Gasteiger charge is -2.32. The predicted octanol–water partition coefficient (Wildman–Crippen LogP) is 4.26. The first kappa shape index (κ1) is 21.8. The zero-order valence-corrected chi connectivity index (χ0v) is 18.8. The molecule has 174 valence electrons. The molecule has 33 heavy (non-hydrogen) atoms. The first-order valence-corrected chi connectivity index (χ1v) is 11.0. The quantitative estimate of drug-likeness (QED) is 0.620. The number of hydrogen-bond donors (Lipinski definition) is 1. The summed E-state index contributed by atoms with van der Waals surface area (Å²) in [5.74, 6) is 0.359. The molecule has 3 aromatic rings. The molecule has 1 saturated heterocycles. The molecule has 1 unspecified atom stereocenters. The van der Waals surface area contributed by atoms with Crippen molar-refractivity contribution in [3.8, 4) is 11.3 Å². The maximum atomic E-state index is 14.4. The summed E-state index contributed by atoms with van der Waals surface area (Å²) < 4.78 is 42.6. The fourth-order valence-corrected chi connectivity index (χ4v) is 4.69. The highest BCUT2D eigenvalue weighted by Crippen LogP contribution is 2.43. The molecule has 1 fully saturated rings. The molecule has 10 heteroatoms. The van der Waals surface area contributed by atoms with E-state index >= 15 is 0 Å². The van der Waals surface area contributed by atoms with Crippen LogP contribution in [0.5, 0.6) is 0 Å². The number of alkyl halides is 3. The van der Waals surface area contributed by atoms with E-state index in [1.54, 1.807) is 30.8 Å². The van der Waals surface area contributed by atoms with E-state index in [9.17, 15) is 13.2 Å². The van der Waals surface area contributed by atoms with Gasteiger partial charge >= 0.3 is 0 Å². The van der Waals surface area contributed by atoms with Crippen molar-refractivity contribution in [2.45, 2.75) is 50.7 Å². The average molecular weight is 458 g/mol. The number of aliphatic imine (C=N–C) groups is 1. The molecular weight excluding hydrogens is 431 g/mol. The highest BCUT2D eigenvalue weighted by molar-refractivity contribution is 5.99. The van der Waals surface area contributed by atoms with E-state index in [0.717, 1.165) is 17.6 Å². The van der Waals surface area contributed by atoms with E-state index in [2.05, 4.69) is 20.4 Å². The van der Waals surface area contributed by atoms with Crippen LogP contribution in [0, 0.1) is 0 Å². The fourth-order valence-electron chi connectivity index (χ4n) is 4.69. The summed E-state index contributed by atoms with van der Waals surface area (Å²) in [4.78, 5) is 15.6. The van der Waals surface area contributed by atoms with E-state index in [-0.39, 0.29) is 12.5 Å². The van der Waals surface area contributed by atoms with Gasteiger partial charge in [0.05, 0.1) is 40.2 Å². The molecule has 2 aliphatic heterocycles. The second kappa shape index (κ2) is 8.09. The van der Waals surface area contributed by atoms with Crippen molar-refractivity contribution in [3.05, 3.63) is 36.3 Å². The minimum Gasteiger partial charge on any atom is -0.347 e. The van der Waals surface area contributed by atoms with Gasteiger partial charge in [0.15, 0.2) is 0 Å². The van der Waals surface area contributed by atoms with Gasteiger partial charge in [-0.25, -0.2) is 27.7 Å². The normalized spacial score (nSPS) is 25.5. The van der Waals surface area contributed by atoms with Crippen LogP contribution in [0.1, 0.15) is 32.4 Å². The Labute approximate surface area is 189 Å². The maximum Gasteiger partial charge on any atom is 0.241 e. The minimum absolute atomic E-state index is 0.326. The van der Waals surface area contributed by atoms with Crippen LogP contribution in [-0.4, -0.2) is 69.0 Å². The second-order valence-electron chi connectivity index (χ2n) is 9.15. The number of halogens is 3. The Balaban J connectivity index is 1.44. The number of aromatic nitrogens is 4. The number of hydrogen-bond acceptors (Lipinski definition) is 6. The molecule has 0 bridgehead atoms. The van der Waals surface area contributed by atoms with Crippen LogP contribution in [0.3, 0.4) is 0 Å². The summed E-state index contributed by atoms with van der Waals surface area (Å²) in [6, 6.07) is 5.18. The number of likely N-dealkylation sites (tertiary alicyclic amines) is 1. The summed E-state index contributed by atoms with van der Waals surface area (Å²) in [5.41, 5.74) is 3.08. The lowest BCUT2D eigenvalue weighted by atomic mass is 9.80. The fraction of sp³-hybridized carbons (Fsp3) is 0.478. The summed E-state index contributed by atoms with van der Waals surface area (Å²) in [6.45, 7) is 4.73. The van der Waals surface area contributed by atoms with Crippen LogP contribution in [0.4, 0.5) is 24.8 Å². The third-order valence-electron chi connectivity index (χ3n) is 6.80. The van der Waals surface area contributed by atoms with Gasteiger partial charge in [0.2, 0.25) is 12.4 Å². The zero-order chi connectivity index (χ0) is 23.3. The van der Waals surface area contributed by atoms with E-state index in [0.29, 0.717) is 41.7 Å². The van der Waals surface area contributed by atoms with E-state index in [1.165, 1.54) is 0 Å². The SMILES string of the molecule is CC1=Nc2ccc(-c3ccn4nc(N[C@@H]5CCN(C)C[C@H]5F)ncc34)nc2C1(C)CC(F)F. The molecule has 5 heterocycles. The number of anilines is 1. The van der Waals surface area contributed by atoms with Crippen LogP contribution in [0.25, 0.3) is 16.8 Å². The number of nitrogens with zero attached hydrogens (tertiary/aromatic N) is 6. The van der Waals surface area contributed by atoms with Crippen molar-refractivity contribution in [1.29, 1.82) is 0 Å². The summed E-state index contributed by atoms with van der Waals surface area (Å²) in [5, 5.41) is 7.60. The number of nitrogens with one attached hydrogen (secondary N) is 1. The molecule has 0 aromatic carbocycles. The Bertz CT molecular complexity index is 1220. The number of pyridine rings is 1. The van der Waals surface area contributed by atoms with Crippen LogP contribution in [0.15, 0.2) is 35.6 Å². The van der Waals surface area contributed by atoms with Gasteiger partial charge in [0.25, 0.3) is 0 Å². The lowest BCUT2D eigenvalue weighted by molar-refractivity contribution is 0.121. The van der Waals surface area contributed by atoms with Crippen LogP contribution >= 0.6 is 0 Å². The summed E-state index contributed by atoms with van der Waals surface area (Å²) >= 11 is 0. The molecule has 1 N–H and O–H groups in total. The van der Waals surface area contributed by atoms with Crippen LogP contribution < -0.4 is 5.32 Å². The van der Waals surface area contributed by atoms with Crippen molar-refractivity contribution in [2.24, 2.45) is 4.99 Å². The van der Waals surface area contributed by atoms with Crippen molar-refractivity contribution in [2.75, 3.05) is 25.5 Å². The largest absolute Gasteiger partial charge is 0.347 e. The first-order chi connectivity index (χ1) is 15.7. The first-order valence-electron chi connectivity index (χ1n) is 11.0. The zero-order valence-electron chi connectivity index (χ0n) is 18.8. The van der Waals surface area contributed by atoms with E-state index in [1.807, 2.05) is 30.1 Å². The summed E-state index contributed by atoms with van der Waals surface area (Å²) in [6.07, 6.45) is 0.350. The third kappa shape index (κ3) is 3.86. The average Bonchev–Trinajstić information content (AvgIpc) is 3.28. The molecule has 3 atom stereocenters. The van der Waals surface area contributed by atoms with Crippen LogP contribution in [0.2, 0.25) is 0 Å². The Morgan fingerprint density at radius 1 is 1.27 bits per heavy atom. The molecule has 0 amide bonds. The van der Waals surface area contributed by atoms with Crippen molar-refractivity contribution >= 4 is 22.9 Å². The number of piperidine rings is 1. The van der Waals surface area contributed by atoms with Gasteiger partial charge in [-0.2, -0.15) is 0 Å². The molecule has 0 spiro atoms.